The van der Waals surface area contributed by atoms with E-state index in [4.69, 9.17) is 21.1 Å². The molecule has 0 aromatic carbocycles. The average molecular weight is 191 g/mol. The molecule has 0 bridgehead atoms. The molecule has 0 saturated heterocycles. The lowest BCUT2D eigenvalue weighted by molar-refractivity contribution is -0.146. The van der Waals surface area contributed by atoms with Crippen LogP contribution in [0.25, 0.3) is 0 Å². The Bertz CT molecular complexity index is 173. The largest absolute Gasteiger partial charge is 0.480 e. The zero-order valence-corrected chi connectivity index (χ0v) is 7.01. The molecule has 5 N–H and O–H groups in total. The van der Waals surface area contributed by atoms with Crippen LogP contribution in [0, 0.1) is 0 Å². The zero-order chi connectivity index (χ0) is 10.4. The minimum absolute atomic E-state index is 0.0241. The third kappa shape index (κ3) is 5.15. The maximum atomic E-state index is 10.2. The van der Waals surface area contributed by atoms with Crippen LogP contribution in [0.15, 0.2) is 0 Å². The van der Waals surface area contributed by atoms with Gasteiger partial charge in [-0.1, -0.05) is 0 Å². The summed E-state index contributed by atoms with van der Waals surface area (Å²) in [6, 6.07) is -0.985. The normalized spacial score (nSPS) is 14.9. The lowest BCUT2D eigenvalue weighted by Gasteiger charge is -2.07. The molecule has 6 nitrogen and oxygen atoms in total. The van der Waals surface area contributed by atoms with Gasteiger partial charge in [0.05, 0.1) is 0 Å². The summed E-state index contributed by atoms with van der Waals surface area (Å²) in [7, 11) is 0. The van der Waals surface area contributed by atoms with Crippen molar-refractivity contribution >= 4 is 11.9 Å². The van der Waals surface area contributed by atoms with Crippen molar-refractivity contribution in [3.8, 4) is 0 Å². The summed E-state index contributed by atoms with van der Waals surface area (Å²) in [5.41, 5.74) is 5.15. The van der Waals surface area contributed by atoms with Gasteiger partial charge in [0.1, 0.15) is 6.04 Å². The Morgan fingerprint density at radius 2 is 1.69 bits per heavy atom. The minimum Gasteiger partial charge on any atom is -0.480 e. The lowest BCUT2D eigenvalue weighted by Crippen LogP contribution is -2.30. The number of hydrogen-bond acceptors (Lipinski definition) is 4. The second-order valence-corrected chi connectivity index (χ2v) is 2.73. The van der Waals surface area contributed by atoms with E-state index in [0.717, 1.165) is 0 Å². The first kappa shape index (κ1) is 11.9. The first-order chi connectivity index (χ1) is 5.95. The fraction of sp³-hybridized carbons (Fsp3) is 0.714. The van der Waals surface area contributed by atoms with E-state index in [2.05, 4.69) is 0 Å². The van der Waals surface area contributed by atoms with Crippen molar-refractivity contribution in [3.63, 3.8) is 0 Å². The van der Waals surface area contributed by atoms with Gasteiger partial charge in [-0.2, -0.15) is 0 Å². The van der Waals surface area contributed by atoms with Crippen LogP contribution in [-0.4, -0.2) is 39.4 Å². The number of hydrogen-bond donors (Lipinski definition) is 4. The summed E-state index contributed by atoms with van der Waals surface area (Å²) >= 11 is 0. The highest BCUT2D eigenvalue weighted by Crippen LogP contribution is 2.03. The summed E-state index contributed by atoms with van der Waals surface area (Å²) in [5.74, 6) is -2.42. The van der Waals surface area contributed by atoms with Crippen molar-refractivity contribution in [1.82, 2.24) is 0 Å². The van der Waals surface area contributed by atoms with Crippen LogP contribution in [-0.2, 0) is 9.59 Å². The topological polar surface area (TPSA) is 121 Å². The third-order valence-electron chi connectivity index (χ3n) is 1.59. The van der Waals surface area contributed by atoms with Crippen molar-refractivity contribution in [2.24, 2.45) is 5.73 Å². The average Bonchev–Trinajstić information content (AvgIpc) is 2.03. The van der Waals surface area contributed by atoms with Crippen LogP contribution in [0.1, 0.15) is 19.3 Å². The summed E-state index contributed by atoms with van der Waals surface area (Å²) in [4.78, 5) is 20.3. The molecule has 0 saturated carbocycles. The first-order valence-corrected chi connectivity index (χ1v) is 3.84. The Hall–Kier alpha value is -1.14. The van der Waals surface area contributed by atoms with E-state index in [1.807, 2.05) is 0 Å². The van der Waals surface area contributed by atoms with E-state index in [0.29, 0.717) is 0 Å². The number of carboxylic acid groups (broad SMARTS) is 2. The standard InChI is InChI=1S/C7H13NO5/c8-4(6(10)11)2-1-3-5(9)7(12)13/h4-5,9H,1-3,8H2,(H,10,11)(H,12,13). The van der Waals surface area contributed by atoms with Crippen molar-refractivity contribution < 1.29 is 24.9 Å². The smallest absolute Gasteiger partial charge is 0.332 e. The summed E-state index contributed by atoms with van der Waals surface area (Å²) in [6.07, 6.45) is -0.960. The highest BCUT2D eigenvalue weighted by Gasteiger charge is 2.15. The Labute approximate surface area is 75.0 Å². The second kappa shape index (κ2) is 5.50. The first-order valence-electron chi connectivity index (χ1n) is 3.84. The maximum absolute atomic E-state index is 10.2. The van der Waals surface area contributed by atoms with Gasteiger partial charge in [0.25, 0.3) is 0 Å². The molecule has 6 heteroatoms. The van der Waals surface area contributed by atoms with E-state index in [1.54, 1.807) is 0 Å². The predicted octanol–water partition coefficient (Wildman–Crippen LogP) is -0.986. The highest BCUT2D eigenvalue weighted by atomic mass is 16.4. The molecule has 0 spiro atoms. The third-order valence-corrected chi connectivity index (χ3v) is 1.59. The van der Waals surface area contributed by atoms with Gasteiger partial charge in [0.2, 0.25) is 0 Å². The number of carboxylic acids is 2. The van der Waals surface area contributed by atoms with Crippen LogP contribution >= 0.6 is 0 Å². The molecule has 2 unspecified atom stereocenters. The molecule has 0 amide bonds. The summed E-state index contributed by atoms with van der Waals surface area (Å²) in [6.45, 7) is 0. The molecule has 0 aromatic heterocycles. The molecular weight excluding hydrogens is 178 g/mol. The van der Waals surface area contributed by atoms with E-state index < -0.39 is 24.1 Å². The van der Waals surface area contributed by atoms with Crippen LogP contribution < -0.4 is 5.73 Å². The van der Waals surface area contributed by atoms with E-state index in [9.17, 15) is 9.59 Å². The quantitative estimate of drug-likeness (QED) is 0.428. The van der Waals surface area contributed by atoms with Crippen LogP contribution in [0.3, 0.4) is 0 Å². The molecular formula is C7H13NO5. The monoisotopic (exact) mass is 191 g/mol. The number of nitrogens with two attached hydrogens (primary N) is 1. The molecule has 2 atom stereocenters. The number of aliphatic hydroxyl groups is 1. The Morgan fingerprint density at radius 3 is 2.08 bits per heavy atom. The van der Waals surface area contributed by atoms with Gasteiger partial charge >= 0.3 is 11.9 Å². The van der Waals surface area contributed by atoms with Crippen molar-refractivity contribution in [2.75, 3.05) is 0 Å². The molecule has 76 valence electrons. The molecule has 0 aliphatic heterocycles. The van der Waals surface area contributed by atoms with Crippen LogP contribution in [0.4, 0.5) is 0 Å². The number of rotatable bonds is 6. The predicted molar refractivity (Wildman–Crippen MR) is 43.1 cm³/mol. The van der Waals surface area contributed by atoms with Gasteiger partial charge in [0.15, 0.2) is 6.10 Å². The van der Waals surface area contributed by atoms with E-state index in [1.165, 1.54) is 0 Å². The van der Waals surface area contributed by atoms with Gasteiger partial charge in [-0.3, -0.25) is 4.79 Å². The Kier molecular flexibility index (Phi) is 5.01. The fourth-order valence-electron chi connectivity index (χ4n) is 0.778. The van der Waals surface area contributed by atoms with E-state index in [-0.39, 0.29) is 19.3 Å². The number of aliphatic hydroxyl groups excluding tert-OH is 1. The zero-order valence-electron chi connectivity index (χ0n) is 7.01. The molecule has 0 fully saturated rings. The maximum Gasteiger partial charge on any atom is 0.332 e. The van der Waals surface area contributed by atoms with Crippen LogP contribution in [0.5, 0.6) is 0 Å². The van der Waals surface area contributed by atoms with Crippen molar-refractivity contribution in [3.05, 3.63) is 0 Å². The number of carbonyl (C=O) groups is 2. The number of aliphatic carboxylic acids is 2. The molecule has 0 heterocycles. The second-order valence-electron chi connectivity index (χ2n) is 2.73. The lowest BCUT2D eigenvalue weighted by atomic mass is 10.1. The molecule has 0 aliphatic rings. The minimum atomic E-state index is -1.43. The molecule has 0 aromatic rings. The van der Waals surface area contributed by atoms with Crippen LogP contribution in [0.2, 0.25) is 0 Å². The Balaban J connectivity index is 3.56. The molecule has 0 rings (SSSR count). The van der Waals surface area contributed by atoms with E-state index >= 15 is 0 Å². The van der Waals surface area contributed by atoms with Gasteiger partial charge < -0.3 is 21.1 Å². The SMILES string of the molecule is NC(CCCC(O)C(=O)O)C(=O)O. The highest BCUT2D eigenvalue weighted by molar-refractivity contribution is 5.73. The molecule has 0 radical (unpaired) electrons. The van der Waals surface area contributed by atoms with Gasteiger partial charge in [-0.15, -0.1) is 0 Å². The van der Waals surface area contributed by atoms with Crippen molar-refractivity contribution in [2.45, 2.75) is 31.4 Å². The van der Waals surface area contributed by atoms with Gasteiger partial charge in [0, 0.05) is 0 Å². The van der Waals surface area contributed by atoms with Gasteiger partial charge in [-0.25, -0.2) is 4.79 Å². The van der Waals surface area contributed by atoms with Crippen molar-refractivity contribution in [1.29, 1.82) is 0 Å². The van der Waals surface area contributed by atoms with Gasteiger partial charge in [-0.05, 0) is 19.3 Å². The fourth-order valence-corrected chi connectivity index (χ4v) is 0.778. The summed E-state index contributed by atoms with van der Waals surface area (Å²) < 4.78 is 0. The molecule has 0 aliphatic carbocycles. The Morgan fingerprint density at radius 1 is 1.15 bits per heavy atom. The summed E-state index contributed by atoms with van der Waals surface area (Å²) in [5, 5.41) is 25.4. The molecule has 13 heavy (non-hydrogen) atoms.